The number of anilines is 2. The highest BCUT2D eigenvalue weighted by molar-refractivity contribution is 5.94. The van der Waals surface area contributed by atoms with Crippen LogP contribution in [0.15, 0.2) is 35.3 Å². The minimum atomic E-state index is -1.55. The number of carbonyl (C=O) groups is 1. The highest BCUT2D eigenvalue weighted by Crippen LogP contribution is 2.33. The molecule has 178 valence electrons. The fraction of sp³-hybridized carbons (Fsp3) is 0.333. The first-order chi connectivity index (χ1) is 16.4. The van der Waals surface area contributed by atoms with Crippen LogP contribution in [0.2, 0.25) is 0 Å². The van der Waals surface area contributed by atoms with Crippen molar-refractivity contribution >= 4 is 28.2 Å². The molecule has 3 heterocycles. The van der Waals surface area contributed by atoms with Crippen LogP contribution in [0.1, 0.15) is 23.2 Å². The van der Waals surface area contributed by atoms with Crippen LogP contribution >= 0.6 is 0 Å². The monoisotopic (exact) mass is 473 g/mol. The van der Waals surface area contributed by atoms with E-state index in [1.54, 1.807) is 6.07 Å². The normalized spacial score (nSPS) is 16.4. The van der Waals surface area contributed by atoms with Crippen LogP contribution in [0.5, 0.6) is 0 Å². The fourth-order valence-corrected chi connectivity index (χ4v) is 4.70. The summed E-state index contributed by atoms with van der Waals surface area (Å²) in [6, 6.07) is 5.10. The van der Waals surface area contributed by atoms with Gasteiger partial charge in [0.15, 0.2) is 5.82 Å². The van der Waals surface area contributed by atoms with Crippen molar-refractivity contribution in [2.75, 3.05) is 49.2 Å². The zero-order chi connectivity index (χ0) is 24.0. The molecule has 0 amide bonds. The number of hydrogen-bond donors (Lipinski definition) is 1. The number of ether oxygens (including phenoxy) is 1. The number of benzene rings is 2. The van der Waals surface area contributed by atoms with Gasteiger partial charge >= 0.3 is 5.97 Å². The van der Waals surface area contributed by atoms with Crippen LogP contribution in [0, 0.1) is 17.5 Å². The van der Waals surface area contributed by atoms with E-state index in [0.29, 0.717) is 5.69 Å². The molecule has 1 aromatic heterocycles. The molecule has 0 unspecified atom stereocenters. The van der Waals surface area contributed by atoms with Crippen molar-refractivity contribution < 1.29 is 27.8 Å². The molecule has 0 saturated carbocycles. The fourth-order valence-electron chi connectivity index (χ4n) is 4.70. The first-order valence-corrected chi connectivity index (χ1v) is 11.0. The number of aromatic nitrogens is 1. The Morgan fingerprint density at radius 1 is 0.941 bits per heavy atom. The number of carboxylic acids is 1. The minimum absolute atomic E-state index is 0.117. The maximum absolute atomic E-state index is 15.9. The van der Waals surface area contributed by atoms with Gasteiger partial charge in [-0.1, -0.05) is 0 Å². The zero-order valence-electron chi connectivity index (χ0n) is 18.2. The van der Waals surface area contributed by atoms with E-state index in [1.807, 2.05) is 4.90 Å². The van der Waals surface area contributed by atoms with E-state index in [0.717, 1.165) is 42.8 Å². The summed E-state index contributed by atoms with van der Waals surface area (Å²) in [5.41, 5.74) is -1.82. The smallest absolute Gasteiger partial charge is 0.341 e. The van der Waals surface area contributed by atoms with E-state index in [9.17, 15) is 14.7 Å². The van der Waals surface area contributed by atoms with E-state index in [1.165, 1.54) is 17.0 Å². The lowest BCUT2D eigenvalue weighted by molar-refractivity contribution is 0.0695. The number of pyridine rings is 1. The molecular formula is C24H22F3N3O4. The molecule has 2 fully saturated rings. The molecule has 0 spiro atoms. The van der Waals surface area contributed by atoms with Crippen LogP contribution in [0.25, 0.3) is 16.6 Å². The third-order valence-corrected chi connectivity index (χ3v) is 6.37. The molecule has 7 nitrogen and oxygen atoms in total. The Morgan fingerprint density at radius 3 is 2.29 bits per heavy atom. The molecule has 0 bridgehead atoms. The van der Waals surface area contributed by atoms with E-state index < -0.39 is 39.8 Å². The zero-order valence-corrected chi connectivity index (χ0v) is 18.2. The van der Waals surface area contributed by atoms with Gasteiger partial charge in [-0.05, 0) is 31.0 Å². The van der Waals surface area contributed by atoms with Crippen LogP contribution in [-0.4, -0.2) is 55.0 Å². The minimum Gasteiger partial charge on any atom is -0.477 e. The van der Waals surface area contributed by atoms with Crippen molar-refractivity contribution in [2.45, 2.75) is 12.8 Å². The number of rotatable bonds is 4. The first-order valence-electron chi connectivity index (χ1n) is 11.0. The quantitative estimate of drug-likeness (QED) is 0.625. The average Bonchev–Trinajstić information content (AvgIpc) is 3.35. The van der Waals surface area contributed by atoms with Crippen molar-refractivity contribution in [2.24, 2.45) is 0 Å². The summed E-state index contributed by atoms with van der Waals surface area (Å²) < 4.78 is 52.3. The van der Waals surface area contributed by atoms with Gasteiger partial charge in [-0.15, -0.1) is 0 Å². The van der Waals surface area contributed by atoms with Gasteiger partial charge in [0.1, 0.15) is 22.9 Å². The average molecular weight is 473 g/mol. The van der Waals surface area contributed by atoms with Crippen LogP contribution < -0.4 is 15.2 Å². The lowest BCUT2D eigenvalue weighted by Gasteiger charge is -2.30. The van der Waals surface area contributed by atoms with E-state index in [2.05, 4.69) is 0 Å². The molecule has 2 aliphatic heterocycles. The number of aromatic carboxylic acids is 1. The SMILES string of the molecule is O=C(O)c1cn(-c2ccc(N3CCCC3)c(F)c2)c2c(F)c(N3CCOCC3)c(F)cc2c1=O. The molecule has 10 heteroatoms. The second kappa shape index (κ2) is 8.68. The molecule has 0 aliphatic carbocycles. The summed E-state index contributed by atoms with van der Waals surface area (Å²) in [7, 11) is 0. The standard InChI is InChI=1S/C24H22F3N3O4/c25-17-11-14(3-4-19(17)28-5-1-2-6-28)30-13-16(24(32)33)23(31)15-12-18(26)22(20(27)21(15)30)29-7-9-34-10-8-29/h3-4,11-13H,1-2,5-10H2,(H,32,33). The molecule has 1 N–H and O–H groups in total. The topological polar surface area (TPSA) is 75.0 Å². The highest BCUT2D eigenvalue weighted by Gasteiger charge is 2.27. The maximum Gasteiger partial charge on any atom is 0.341 e. The summed E-state index contributed by atoms with van der Waals surface area (Å²) >= 11 is 0. The first kappa shape index (κ1) is 22.3. The number of morpholine rings is 1. The molecule has 2 saturated heterocycles. The lowest BCUT2D eigenvalue weighted by Crippen LogP contribution is -2.37. The maximum atomic E-state index is 15.9. The number of hydrogen-bond acceptors (Lipinski definition) is 5. The largest absolute Gasteiger partial charge is 0.477 e. The third kappa shape index (κ3) is 3.67. The van der Waals surface area contributed by atoms with Gasteiger partial charge in [0.2, 0.25) is 5.43 Å². The Balaban J connectivity index is 1.76. The summed E-state index contributed by atoms with van der Waals surface area (Å²) in [5, 5.41) is 9.10. The number of fused-ring (bicyclic) bond motifs is 1. The number of carboxylic acid groups (broad SMARTS) is 1. The third-order valence-electron chi connectivity index (χ3n) is 6.37. The van der Waals surface area contributed by atoms with Gasteiger partial charge in [0.05, 0.1) is 29.8 Å². The van der Waals surface area contributed by atoms with Gasteiger partial charge in [-0.2, -0.15) is 0 Å². The summed E-state index contributed by atoms with van der Waals surface area (Å²) in [4.78, 5) is 27.9. The highest BCUT2D eigenvalue weighted by atomic mass is 19.1. The molecule has 34 heavy (non-hydrogen) atoms. The van der Waals surface area contributed by atoms with Crippen molar-refractivity contribution in [3.8, 4) is 5.69 Å². The molecule has 3 aromatic rings. The molecule has 0 radical (unpaired) electrons. The van der Waals surface area contributed by atoms with Crippen LogP contribution in [-0.2, 0) is 4.74 Å². The Bertz CT molecular complexity index is 1350. The van der Waals surface area contributed by atoms with Crippen molar-refractivity contribution in [1.29, 1.82) is 0 Å². The summed E-state index contributed by atoms with van der Waals surface area (Å²) in [5.74, 6) is -4.10. The predicted molar refractivity (Wildman–Crippen MR) is 121 cm³/mol. The van der Waals surface area contributed by atoms with Crippen LogP contribution in [0.3, 0.4) is 0 Å². The Morgan fingerprint density at radius 2 is 1.65 bits per heavy atom. The molecule has 2 aromatic carbocycles. The summed E-state index contributed by atoms with van der Waals surface area (Å²) in [6.45, 7) is 2.50. The molecule has 5 rings (SSSR count). The van der Waals surface area contributed by atoms with Gasteiger partial charge in [-0.25, -0.2) is 18.0 Å². The Hall–Kier alpha value is -3.53. The molecular weight excluding hydrogens is 451 g/mol. The Labute approximate surface area is 192 Å². The lowest BCUT2D eigenvalue weighted by atomic mass is 10.1. The van der Waals surface area contributed by atoms with Crippen molar-refractivity contribution in [1.82, 2.24) is 4.57 Å². The van der Waals surface area contributed by atoms with Gasteiger partial charge in [0.25, 0.3) is 0 Å². The number of nitrogens with zero attached hydrogens (tertiary/aromatic N) is 3. The molecule has 0 atom stereocenters. The van der Waals surface area contributed by atoms with Gasteiger partial charge in [0, 0.05) is 44.1 Å². The predicted octanol–water partition coefficient (Wildman–Crippen LogP) is 3.54. The second-order valence-corrected chi connectivity index (χ2v) is 8.39. The van der Waals surface area contributed by atoms with E-state index in [4.69, 9.17) is 4.74 Å². The van der Waals surface area contributed by atoms with Gasteiger partial charge in [-0.3, -0.25) is 4.79 Å². The van der Waals surface area contributed by atoms with Crippen molar-refractivity contribution in [3.05, 3.63) is 63.7 Å². The number of halogens is 3. The summed E-state index contributed by atoms with van der Waals surface area (Å²) in [6.07, 6.45) is 2.87. The van der Waals surface area contributed by atoms with Gasteiger partial charge < -0.3 is 24.2 Å². The second-order valence-electron chi connectivity index (χ2n) is 8.39. The molecule has 2 aliphatic rings. The van der Waals surface area contributed by atoms with Crippen LogP contribution in [0.4, 0.5) is 24.5 Å². The van der Waals surface area contributed by atoms with E-state index in [-0.39, 0.29) is 43.2 Å². The van der Waals surface area contributed by atoms with Crippen molar-refractivity contribution in [3.63, 3.8) is 0 Å². The van der Waals surface area contributed by atoms with E-state index >= 15 is 13.2 Å². The Kier molecular flexibility index (Phi) is 5.68.